The molecule has 0 spiro atoms. The van der Waals surface area contributed by atoms with Crippen LogP contribution < -0.4 is 4.72 Å². The Labute approximate surface area is 100 Å². The van der Waals surface area contributed by atoms with Crippen LogP contribution in [0.15, 0.2) is 23.2 Å². The summed E-state index contributed by atoms with van der Waals surface area (Å²) in [4.78, 5) is 3.58. The molecule has 0 atom stereocenters. The first kappa shape index (κ1) is 13.6. The second-order valence-electron chi connectivity index (χ2n) is 3.06. The van der Waals surface area contributed by atoms with Crippen molar-refractivity contribution in [3.05, 3.63) is 24.0 Å². The summed E-state index contributed by atoms with van der Waals surface area (Å²) in [6.45, 7) is 2.80. The lowest BCUT2D eigenvalue weighted by atomic mass is 10.4. The third kappa shape index (κ3) is 3.78. The quantitative estimate of drug-likeness (QED) is 0.736. The predicted molar refractivity (Wildman–Crippen MR) is 60.6 cm³/mol. The highest BCUT2D eigenvalue weighted by Gasteiger charge is 2.18. The second-order valence-corrected chi connectivity index (χ2v) is 4.79. The molecule has 92 valence electrons. The number of rotatable bonds is 6. The number of sulfonamides is 1. The van der Waals surface area contributed by atoms with Crippen molar-refractivity contribution < 1.29 is 13.2 Å². The van der Waals surface area contributed by atoms with Gasteiger partial charge in [0.05, 0.1) is 6.61 Å². The third-order valence-corrected chi connectivity index (χ3v) is 3.40. The number of nitrogens with one attached hydrogen (secondary N) is 1. The molecule has 1 rings (SSSR count). The minimum atomic E-state index is -3.70. The fraction of sp³-hybridized carbons (Fsp3) is 0.400. The van der Waals surface area contributed by atoms with Crippen LogP contribution in [-0.2, 0) is 14.8 Å². The van der Waals surface area contributed by atoms with Crippen LogP contribution in [0.4, 0.5) is 0 Å². The molecule has 0 bridgehead atoms. The molecule has 1 N–H and O–H groups in total. The molecule has 1 aromatic heterocycles. The molecule has 1 heterocycles. The van der Waals surface area contributed by atoms with Gasteiger partial charge in [-0.3, -0.25) is 0 Å². The van der Waals surface area contributed by atoms with Crippen molar-refractivity contribution in [3.8, 4) is 6.07 Å². The van der Waals surface area contributed by atoms with Crippen LogP contribution in [0.25, 0.3) is 0 Å². The Bertz CT molecular complexity index is 508. The molecule has 7 heteroatoms. The molecule has 6 nitrogen and oxygen atoms in total. The zero-order valence-electron chi connectivity index (χ0n) is 9.38. The van der Waals surface area contributed by atoms with Gasteiger partial charge < -0.3 is 4.74 Å². The predicted octanol–water partition coefficient (Wildman–Crippen LogP) is 0.268. The van der Waals surface area contributed by atoms with Gasteiger partial charge in [-0.15, -0.1) is 0 Å². The summed E-state index contributed by atoms with van der Waals surface area (Å²) in [5, 5.41) is 8.76. The first-order valence-electron chi connectivity index (χ1n) is 5.04. The van der Waals surface area contributed by atoms with Crippen molar-refractivity contribution in [3.63, 3.8) is 0 Å². The number of nitrogens with zero attached hydrogens (tertiary/aromatic N) is 2. The summed E-state index contributed by atoms with van der Waals surface area (Å²) < 4.78 is 31.0. The summed E-state index contributed by atoms with van der Waals surface area (Å²) >= 11 is 0. The van der Waals surface area contributed by atoms with E-state index in [1.807, 2.05) is 6.92 Å². The van der Waals surface area contributed by atoms with Gasteiger partial charge in [-0.1, -0.05) is 0 Å². The fourth-order valence-electron chi connectivity index (χ4n) is 1.16. The highest BCUT2D eigenvalue weighted by molar-refractivity contribution is 7.89. The molecule has 0 saturated carbocycles. The van der Waals surface area contributed by atoms with Gasteiger partial charge in [0.15, 0.2) is 5.69 Å². The average molecular weight is 255 g/mol. The highest BCUT2D eigenvalue weighted by Crippen LogP contribution is 2.11. The minimum absolute atomic E-state index is 0.112. The fourth-order valence-corrected chi connectivity index (χ4v) is 2.28. The Hall–Kier alpha value is -1.49. The zero-order chi connectivity index (χ0) is 12.7. The SMILES string of the molecule is CCOCCNS(=O)(=O)c1cccnc1C#N. The minimum Gasteiger partial charge on any atom is -0.380 e. The largest absolute Gasteiger partial charge is 0.380 e. The number of ether oxygens (including phenoxy) is 1. The molecular formula is C10H13N3O3S. The number of hydrogen-bond donors (Lipinski definition) is 1. The van der Waals surface area contributed by atoms with Gasteiger partial charge in [0.2, 0.25) is 10.0 Å². The molecule has 0 aliphatic carbocycles. The van der Waals surface area contributed by atoms with Crippen molar-refractivity contribution >= 4 is 10.0 Å². The van der Waals surface area contributed by atoms with E-state index in [1.54, 1.807) is 6.07 Å². The van der Waals surface area contributed by atoms with E-state index in [0.717, 1.165) is 0 Å². The van der Waals surface area contributed by atoms with Crippen molar-refractivity contribution in [2.45, 2.75) is 11.8 Å². The first-order chi connectivity index (χ1) is 8.11. The van der Waals surface area contributed by atoms with Crippen molar-refractivity contribution in [1.29, 1.82) is 5.26 Å². The van der Waals surface area contributed by atoms with Crippen LogP contribution in [0, 0.1) is 11.3 Å². The van der Waals surface area contributed by atoms with Gasteiger partial charge in [0.25, 0.3) is 0 Å². The van der Waals surface area contributed by atoms with E-state index in [1.165, 1.54) is 18.3 Å². The van der Waals surface area contributed by atoms with Crippen molar-refractivity contribution in [2.75, 3.05) is 19.8 Å². The average Bonchev–Trinajstić information content (AvgIpc) is 2.34. The van der Waals surface area contributed by atoms with Gasteiger partial charge in [-0.2, -0.15) is 5.26 Å². The standard InChI is InChI=1S/C10H13N3O3S/c1-2-16-7-6-13-17(14,15)10-4-3-5-12-9(10)8-11/h3-5,13H,2,6-7H2,1H3. The van der Waals surface area contributed by atoms with Gasteiger partial charge >= 0.3 is 0 Å². The van der Waals surface area contributed by atoms with Crippen LogP contribution >= 0.6 is 0 Å². The molecule has 0 aliphatic rings. The molecule has 0 saturated heterocycles. The normalized spacial score (nSPS) is 11.1. The molecule has 1 aromatic rings. The van der Waals surface area contributed by atoms with Gasteiger partial charge in [-0.05, 0) is 19.1 Å². The molecular weight excluding hydrogens is 242 g/mol. The van der Waals surface area contributed by atoms with Crippen molar-refractivity contribution in [1.82, 2.24) is 9.71 Å². The maximum atomic E-state index is 11.8. The van der Waals surface area contributed by atoms with E-state index in [9.17, 15) is 8.42 Å². The van der Waals surface area contributed by atoms with Crippen LogP contribution in [0.2, 0.25) is 0 Å². The van der Waals surface area contributed by atoms with Crippen LogP contribution in [0.5, 0.6) is 0 Å². The molecule has 0 amide bonds. The molecule has 0 aliphatic heterocycles. The van der Waals surface area contributed by atoms with E-state index in [0.29, 0.717) is 6.61 Å². The van der Waals surface area contributed by atoms with Crippen LogP contribution in [-0.4, -0.2) is 33.2 Å². The lowest BCUT2D eigenvalue weighted by molar-refractivity contribution is 0.153. The number of pyridine rings is 1. The molecule has 0 radical (unpaired) electrons. The van der Waals surface area contributed by atoms with E-state index < -0.39 is 10.0 Å². The van der Waals surface area contributed by atoms with Gasteiger partial charge in [0, 0.05) is 19.3 Å². The topological polar surface area (TPSA) is 92.1 Å². The number of hydrogen-bond acceptors (Lipinski definition) is 5. The lowest BCUT2D eigenvalue weighted by Gasteiger charge is -2.07. The zero-order valence-corrected chi connectivity index (χ0v) is 10.2. The summed E-state index contributed by atoms with van der Waals surface area (Å²) in [7, 11) is -3.70. The molecule has 0 aromatic carbocycles. The molecule has 0 unspecified atom stereocenters. The second kappa shape index (κ2) is 6.30. The number of aromatic nitrogens is 1. The first-order valence-corrected chi connectivity index (χ1v) is 6.52. The number of nitriles is 1. The lowest BCUT2D eigenvalue weighted by Crippen LogP contribution is -2.28. The van der Waals surface area contributed by atoms with Crippen molar-refractivity contribution in [2.24, 2.45) is 0 Å². The summed E-state index contributed by atoms with van der Waals surface area (Å²) in [6.07, 6.45) is 1.37. The smallest absolute Gasteiger partial charge is 0.243 e. The monoisotopic (exact) mass is 255 g/mol. The van der Waals surface area contributed by atoms with Crippen LogP contribution in [0.3, 0.4) is 0 Å². The van der Waals surface area contributed by atoms with Crippen LogP contribution in [0.1, 0.15) is 12.6 Å². The van der Waals surface area contributed by atoms with E-state index in [2.05, 4.69) is 9.71 Å². The Morgan fingerprint density at radius 3 is 3.00 bits per heavy atom. The van der Waals surface area contributed by atoms with Gasteiger partial charge in [-0.25, -0.2) is 18.1 Å². The summed E-state index contributed by atoms with van der Waals surface area (Å²) in [6, 6.07) is 4.55. The molecule has 17 heavy (non-hydrogen) atoms. The van der Waals surface area contributed by atoms with Gasteiger partial charge in [0.1, 0.15) is 11.0 Å². The van der Waals surface area contributed by atoms with E-state index >= 15 is 0 Å². The summed E-state index contributed by atoms with van der Waals surface area (Å²) in [5.74, 6) is 0. The maximum Gasteiger partial charge on any atom is 0.243 e. The third-order valence-electron chi connectivity index (χ3n) is 1.91. The Morgan fingerprint density at radius 2 is 2.35 bits per heavy atom. The Balaban J connectivity index is 2.80. The molecule has 0 fully saturated rings. The highest BCUT2D eigenvalue weighted by atomic mass is 32.2. The maximum absolute atomic E-state index is 11.8. The summed E-state index contributed by atoms with van der Waals surface area (Å²) in [5.41, 5.74) is -0.114. The Morgan fingerprint density at radius 1 is 1.59 bits per heavy atom. The Kier molecular flexibility index (Phi) is 5.03. The van der Waals surface area contributed by atoms with E-state index in [4.69, 9.17) is 10.00 Å². The van der Waals surface area contributed by atoms with E-state index in [-0.39, 0.29) is 23.7 Å².